The fourth-order valence-electron chi connectivity index (χ4n) is 2.39. The molecule has 126 valence electrons. The SMILES string of the molecule is Cc1nc2nc(C)c(CCC(=O)N[C@H](CO)C(C)C)c(=O)n2[nH]1. The van der Waals surface area contributed by atoms with Gasteiger partial charge >= 0.3 is 0 Å². The van der Waals surface area contributed by atoms with E-state index in [0.717, 1.165) is 0 Å². The fourth-order valence-corrected chi connectivity index (χ4v) is 2.39. The van der Waals surface area contributed by atoms with Crippen LogP contribution in [0.15, 0.2) is 4.79 Å². The van der Waals surface area contributed by atoms with Crippen LogP contribution in [0.4, 0.5) is 0 Å². The molecule has 0 radical (unpaired) electrons. The van der Waals surface area contributed by atoms with E-state index in [0.29, 0.717) is 29.3 Å². The van der Waals surface area contributed by atoms with Crippen LogP contribution in [-0.4, -0.2) is 43.2 Å². The van der Waals surface area contributed by atoms with Gasteiger partial charge in [0.05, 0.1) is 18.3 Å². The molecule has 0 aliphatic rings. The topological polar surface area (TPSA) is 112 Å². The van der Waals surface area contributed by atoms with Crippen LogP contribution in [0.25, 0.3) is 5.78 Å². The highest BCUT2D eigenvalue weighted by atomic mass is 16.3. The summed E-state index contributed by atoms with van der Waals surface area (Å²) in [5.74, 6) is 0.884. The van der Waals surface area contributed by atoms with Gasteiger partial charge in [-0.3, -0.25) is 14.7 Å². The molecular formula is C15H23N5O3. The maximum atomic E-state index is 12.4. The molecule has 3 N–H and O–H groups in total. The van der Waals surface area contributed by atoms with Crippen LogP contribution in [-0.2, 0) is 11.2 Å². The molecule has 0 fully saturated rings. The van der Waals surface area contributed by atoms with E-state index < -0.39 is 0 Å². The van der Waals surface area contributed by atoms with E-state index in [4.69, 9.17) is 0 Å². The lowest BCUT2D eigenvalue weighted by Gasteiger charge is -2.19. The van der Waals surface area contributed by atoms with Gasteiger partial charge in [0.1, 0.15) is 5.82 Å². The first kappa shape index (κ1) is 17.1. The molecular weight excluding hydrogens is 298 g/mol. The number of nitrogens with one attached hydrogen (secondary N) is 2. The Morgan fingerprint density at radius 1 is 1.35 bits per heavy atom. The average Bonchev–Trinajstić information content (AvgIpc) is 2.84. The lowest BCUT2D eigenvalue weighted by Crippen LogP contribution is -2.41. The molecule has 23 heavy (non-hydrogen) atoms. The standard InChI is InChI=1S/C15H23N5O3/c1-8(2)12(7-21)18-13(22)6-5-11-9(3)16-15-17-10(4)19-20(15)14(11)23/h8,12,21H,5-7H2,1-4H3,(H,18,22)(H,16,17,19)/t12-/m1/s1. The molecule has 2 rings (SSSR count). The number of nitrogens with zero attached hydrogens (tertiary/aromatic N) is 3. The van der Waals surface area contributed by atoms with Crippen LogP contribution in [0.1, 0.15) is 37.4 Å². The van der Waals surface area contributed by atoms with Crippen LogP contribution in [0.2, 0.25) is 0 Å². The lowest BCUT2D eigenvalue weighted by atomic mass is 10.0. The molecule has 2 aromatic rings. The summed E-state index contributed by atoms with van der Waals surface area (Å²) in [5.41, 5.74) is 0.840. The number of fused-ring (bicyclic) bond motifs is 1. The Balaban J connectivity index is 2.13. The lowest BCUT2D eigenvalue weighted by molar-refractivity contribution is -0.122. The minimum Gasteiger partial charge on any atom is -0.394 e. The number of hydrogen-bond donors (Lipinski definition) is 3. The molecule has 2 aromatic heterocycles. The summed E-state index contributed by atoms with van der Waals surface area (Å²) in [6.07, 6.45) is 0.459. The van der Waals surface area contributed by atoms with E-state index in [1.807, 2.05) is 13.8 Å². The minimum atomic E-state index is -0.277. The van der Waals surface area contributed by atoms with E-state index in [1.165, 1.54) is 4.52 Å². The number of aliphatic hydroxyl groups excluding tert-OH is 1. The Morgan fingerprint density at radius 2 is 2.04 bits per heavy atom. The molecule has 8 heteroatoms. The molecule has 0 aliphatic carbocycles. The molecule has 0 saturated heterocycles. The van der Waals surface area contributed by atoms with Crippen LogP contribution in [0, 0.1) is 19.8 Å². The molecule has 0 aromatic carbocycles. The number of aromatic nitrogens is 4. The molecule has 2 heterocycles. The zero-order valence-corrected chi connectivity index (χ0v) is 13.9. The van der Waals surface area contributed by atoms with E-state index in [2.05, 4.69) is 20.4 Å². The van der Waals surface area contributed by atoms with Crippen LogP contribution >= 0.6 is 0 Å². The zero-order chi connectivity index (χ0) is 17.1. The van der Waals surface area contributed by atoms with Gasteiger partial charge in [-0.2, -0.15) is 9.50 Å². The minimum absolute atomic E-state index is 0.105. The number of rotatable bonds is 6. The van der Waals surface area contributed by atoms with Crippen molar-refractivity contribution in [2.75, 3.05) is 6.61 Å². The van der Waals surface area contributed by atoms with E-state index >= 15 is 0 Å². The number of carbonyl (C=O) groups excluding carboxylic acids is 1. The first-order valence-corrected chi connectivity index (χ1v) is 7.68. The number of aromatic amines is 1. The maximum absolute atomic E-state index is 12.4. The third kappa shape index (κ3) is 3.76. The Kier molecular flexibility index (Phi) is 5.15. The third-order valence-corrected chi connectivity index (χ3v) is 3.86. The van der Waals surface area contributed by atoms with E-state index in [-0.39, 0.29) is 36.5 Å². The number of aryl methyl sites for hydroxylation is 2. The quantitative estimate of drug-likeness (QED) is 0.698. The first-order valence-electron chi connectivity index (χ1n) is 7.68. The van der Waals surface area contributed by atoms with Crippen molar-refractivity contribution >= 4 is 11.7 Å². The van der Waals surface area contributed by atoms with Crippen LogP contribution < -0.4 is 10.9 Å². The van der Waals surface area contributed by atoms with Crippen molar-refractivity contribution in [2.24, 2.45) is 5.92 Å². The van der Waals surface area contributed by atoms with Crippen molar-refractivity contribution < 1.29 is 9.90 Å². The monoisotopic (exact) mass is 321 g/mol. The second-order valence-corrected chi connectivity index (χ2v) is 6.03. The summed E-state index contributed by atoms with van der Waals surface area (Å²) in [4.78, 5) is 32.9. The van der Waals surface area contributed by atoms with Crippen LogP contribution in [0.5, 0.6) is 0 Å². The number of amides is 1. The molecule has 0 aliphatic heterocycles. The summed E-state index contributed by atoms with van der Waals surface area (Å²) in [6, 6.07) is -0.277. The molecule has 1 amide bonds. The van der Waals surface area contributed by atoms with E-state index in [1.54, 1.807) is 13.8 Å². The molecule has 0 unspecified atom stereocenters. The second kappa shape index (κ2) is 6.91. The molecule has 0 saturated carbocycles. The van der Waals surface area contributed by atoms with Crippen molar-refractivity contribution in [3.8, 4) is 0 Å². The molecule has 1 atom stereocenters. The van der Waals surface area contributed by atoms with Gasteiger partial charge < -0.3 is 10.4 Å². The van der Waals surface area contributed by atoms with Gasteiger partial charge in [-0.15, -0.1) is 0 Å². The zero-order valence-electron chi connectivity index (χ0n) is 13.9. The average molecular weight is 321 g/mol. The number of hydrogen-bond acceptors (Lipinski definition) is 5. The summed E-state index contributed by atoms with van der Waals surface area (Å²) in [5, 5.41) is 14.9. The summed E-state index contributed by atoms with van der Waals surface area (Å²) in [6.45, 7) is 7.24. The second-order valence-electron chi connectivity index (χ2n) is 6.03. The summed E-state index contributed by atoms with van der Waals surface area (Å²) >= 11 is 0. The third-order valence-electron chi connectivity index (χ3n) is 3.86. The molecule has 0 bridgehead atoms. The Hall–Kier alpha value is -2.22. The van der Waals surface area contributed by atoms with Crippen molar-refractivity contribution in [2.45, 2.75) is 46.6 Å². The summed E-state index contributed by atoms with van der Waals surface area (Å²) in [7, 11) is 0. The van der Waals surface area contributed by atoms with E-state index in [9.17, 15) is 14.7 Å². The predicted molar refractivity (Wildman–Crippen MR) is 85.3 cm³/mol. The molecule has 0 spiro atoms. The fraction of sp³-hybridized carbons (Fsp3) is 0.600. The van der Waals surface area contributed by atoms with Gasteiger partial charge in [0.25, 0.3) is 11.3 Å². The first-order chi connectivity index (χ1) is 10.8. The molecule has 8 nitrogen and oxygen atoms in total. The van der Waals surface area contributed by atoms with Crippen molar-refractivity contribution in [1.29, 1.82) is 0 Å². The predicted octanol–water partition coefficient (Wildman–Crippen LogP) is 0.100. The van der Waals surface area contributed by atoms with Gasteiger partial charge in [0.2, 0.25) is 5.91 Å². The van der Waals surface area contributed by atoms with Crippen molar-refractivity contribution in [1.82, 2.24) is 24.9 Å². The van der Waals surface area contributed by atoms with Gasteiger partial charge in [-0.05, 0) is 26.2 Å². The highest BCUT2D eigenvalue weighted by Gasteiger charge is 2.17. The Bertz CT molecular complexity index is 762. The highest BCUT2D eigenvalue weighted by molar-refractivity contribution is 5.76. The Morgan fingerprint density at radius 3 is 2.65 bits per heavy atom. The number of H-pyrrole nitrogens is 1. The number of aliphatic hydroxyl groups is 1. The van der Waals surface area contributed by atoms with Gasteiger partial charge in [-0.1, -0.05) is 13.8 Å². The van der Waals surface area contributed by atoms with Gasteiger partial charge in [-0.25, -0.2) is 4.98 Å². The van der Waals surface area contributed by atoms with Crippen LogP contribution in [0.3, 0.4) is 0 Å². The maximum Gasteiger partial charge on any atom is 0.277 e. The van der Waals surface area contributed by atoms with Gasteiger partial charge in [0, 0.05) is 12.0 Å². The normalized spacial score (nSPS) is 12.8. The Labute approximate surface area is 133 Å². The summed E-state index contributed by atoms with van der Waals surface area (Å²) < 4.78 is 1.29. The largest absolute Gasteiger partial charge is 0.394 e. The van der Waals surface area contributed by atoms with Crippen molar-refractivity contribution in [3.63, 3.8) is 0 Å². The smallest absolute Gasteiger partial charge is 0.277 e. The van der Waals surface area contributed by atoms with Gasteiger partial charge in [0.15, 0.2) is 0 Å². The number of carbonyl (C=O) groups is 1. The van der Waals surface area contributed by atoms with Crippen molar-refractivity contribution in [3.05, 3.63) is 27.4 Å². The highest BCUT2D eigenvalue weighted by Crippen LogP contribution is 2.06.